The summed E-state index contributed by atoms with van der Waals surface area (Å²) in [6.07, 6.45) is 1.43. The fourth-order valence-electron chi connectivity index (χ4n) is 2.72. The van der Waals surface area contributed by atoms with E-state index in [1.165, 1.54) is 18.1 Å². The molecule has 0 spiro atoms. The number of carbonyl (C=O) groups is 2. The summed E-state index contributed by atoms with van der Waals surface area (Å²) in [5.41, 5.74) is 1.98. The van der Waals surface area contributed by atoms with Gasteiger partial charge in [0.25, 0.3) is 5.91 Å². The highest BCUT2D eigenvalue weighted by atomic mass is 35.5. The van der Waals surface area contributed by atoms with Gasteiger partial charge in [-0.2, -0.15) is 5.10 Å². The van der Waals surface area contributed by atoms with Gasteiger partial charge in [0, 0.05) is 12.6 Å². The first kappa shape index (κ1) is 20.7. The van der Waals surface area contributed by atoms with Gasteiger partial charge < -0.3 is 15.0 Å². The van der Waals surface area contributed by atoms with E-state index in [2.05, 4.69) is 15.5 Å². The zero-order valence-corrected chi connectivity index (χ0v) is 17.2. The first-order valence-electron chi connectivity index (χ1n) is 8.58. The van der Waals surface area contributed by atoms with Crippen LogP contribution in [0.5, 0.6) is 5.75 Å². The standard InChI is InChI=1S/C20H18Cl2N4O3/c1-26(11-17(27)24-19-15(21)4-3-5-16(19)22)20(28)14-10-23-25-18(14)12-6-8-13(29-2)9-7-12/h3-10H,11H2,1-2H3,(H,23,25)(H,24,27). The van der Waals surface area contributed by atoms with E-state index in [0.29, 0.717) is 32.7 Å². The number of nitrogens with one attached hydrogen (secondary N) is 2. The van der Waals surface area contributed by atoms with Crippen LogP contribution in [0.2, 0.25) is 10.0 Å². The summed E-state index contributed by atoms with van der Waals surface area (Å²) in [7, 11) is 3.11. The summed E-state index contributed by atoms with van der Waals surface area (Å²) in [5, 5.41) is 10.1. The fourth-order valence-corrected chi connectivity index (χ4v) is 3.21. The number of benzene rings is 2. The highest BCUT2D eigenvalue weighted by molar-refractivity contribution is 6.39. The molecule has 0 unspecified atom stereocenters. The zero-order valence-electron chi connectivity index (χ0n) is 15.7. The second-order valence-corrected chi connectivity index (χ2v) is 7.01. The van der Waals surface area contributed by atoms with Crippen molar-refractivity contribution in [2.45, 2.75) is 0 Å². The normalized spacial score (nSPS) is 10.5. The van der Waals surface area contributed by atoms with Crippen molar-refractivity contribution < 1.29 is 14.3 Å². The van der Waals surface area contributed by atoms with Gasteiger partial charge in [0.1, 0.15) is 5.75 Å². The van der Waals surface area contributed by atoms with Crippen LogP contribution in [0.25, 0.3) is 11.3 Å². The third-order valence-electron chi connectivity index (χ3n) is 4.20. The van der Waals surface area contributed by atoms with Gasteiger partial charge in [-0.3, -0.25) is 14.7 Å². The van der Waals surface area contributed by atoms with E-state index in [1.54, 1.807) is 37.4 Å². The topological polar surface area (TPSA) is 87.3 Å². The number of hydrogen-bond donors (Lipinski definition) is 2. The Balaban J connectivity index is 1.72. The lowest BCUT2D eigenvalue weighted by Gasteiger charge is -2.17. The van der Waals surface area contributed by atoms with Gasteiger partial charge in [0.2, 0.25) is 5.91 Å². The number of rotatable bonds is 6. The van der Waals surface area contributed by atoms with Crippen molar-refractivity contribution in [3.63, 3.8) is 0 Å². The maximum absolute atomic E-state index is 12.9. The zero-order chi connectivity index (χ0) is 21.0. The number of ether oxygens (including phenoxy) is 1. The fraction of sp³-hybridized carbons (Fsp3) is 0.150. The van der Waals surface area contributed by atoms with Crippen molar-refractivity contribution in [2.24, 2.45) is 0 Å². The summed E-state index contributed by atoms with van der Waals surface area (Å²) >= 11 is 12.1. The number of H-pyrrole nitrogens is 1. The van der Waals surface area contributed by atoms with E-state index < -0.39 is 5.91 Å². The number of likely N-dealkylation sites (N-methyl/N-ethyl adjacent to an activating group) is 1. The number of halogens is 2. The minimum absolute atomic E-state index is 0.187. The number of aromatic nitrogens is 2. The van der Waals surface area contributed by atoms with Crippen LogP contribution < -0.4 is 10.1 Å². The van der Waals surface area contributed by atoms with E-state index in [4.69, 9.17) is 27.9 Å². The molecule has 0 saturated carbocycles. The van der Waals surface area contributed by atoms with E-state index in [1.807, 2.05) is 12.1 Å². The largest absolute Gasteiger partial charge is 0.497 e. The lowest BCUT2D eigenvalue weighted by atomic mass is 10.1. The molecular formula is C20H18Cl2N4O3. The Morgan fingerprint density at radius 2 is 1.79 bits per heavy atom. The Morgan fingerprint density at radius 3 is 2.41 bits per heavy atom. The van der Waals surface area contributed by atoms with Crippen LogP contribution in [0.1, 0.15) is 10.4 Å². The second kappa shape index (κ2) is 8.98. The molecule has 0 aliphatic carbocycles. The third-order valence-corrected chi connectivity index (χ3v) is 4.83. The van der Waals surface area contributed by atoms with Crippen molar-refractivity contribution in [2.75, 3.05) is 26.0 Å². The summed E-state index contributed by atoms with van der Waals surface area (Å²) in [6.45, 7) is -0.187. The molecule has 0 saturated heterocycles. The second-order valence-electron chi connectivity index (χ2n) is 6.19. The minimum Gasteiger partial charge on any atom is -0.497 e. The Labute approximate surface area is 177 Å². The number of para-hydroxylation sites is 1. The van der Waals surface area contributed by atoms with Gasteiger partial charge >= 0.3 is 0 Å². The SMILES string of the molecule is COc1ccc(-c2[nH]ncc2C(=O)N(C)CC(=O)Nc2c(Cl)cccc2Cl)cc1. The molecule has 1 aromatic heterocycles. The average molecular weight is 433 g/mol. The van der Waals surface area contributed by atoms with E-state index in [0.717, 1.165) is 5.56 Å². The Hall–Kier alpha value is -3.03. The van der Waals surface area contributed by atoms with E-state index >= 15 is 0 Å². The number of anilines is 1. The molecule has 0 aliphatic heterocycles. The molecule has 0 aliphatic rings. The van der Waals surface area contributed by atoms with Crippen LogP contribution >= 0.6 is 23.2 Å². The van der Waals surface area contributed by atoms with Gasteiger partial charge in [-0.05, 0) is 36.4 Å². The smallest absolute Gasteiger partial charge is 0.257 e. The molecule has 0 atom stereocenters. The van der Waals surface area contributed by atoms with Crippen LogP contribution in [0.3, 0.4) is 0 Å². The summed E-state index contributed by atoms with van der Waals surface area (Å²) in [4.78, 5) is 26.5. The molecular weight excluding hydrogens is 415 g/mol. The van der Waals surface area contributed by atoms with Crippen molar-refractivity contribution in [3.8, 4) is 17.0 Å². The molecule has 0 radical (unpaired) electrons. The van der Waals surface area contributed by atoms with E-state index in [9.17, 15) is 9.59 Å². The minimum atomic E-state index is -0.426. The number of nitrogens with zero attached hydrogens (tertiary/aromatic N) is 2. The monoisotopic (exact) mass is 432 g/mol. The number of amides is 2. The van der Waals surface area contributed by atoms with Crippen LogP contribution in [-0.4, -0.2) is 47.6 Å². The maximum atomic E-state index is 12.9. The van der Waals surface area contributed by atoms with Crippen molar-refractivity contribution in [1.29, 1.82) is 0 Å². The van der Waals surface area contributed by atoms with Crippen molar-refractivity contribution in [3.05, 3.63) is 64.3 Å². The quantitative estimate of drug-likeness (QED) is 0.613. The lowest BCUT2D eigenvalue weighted by molar-refractivity contribution is -0.116. The van der Waals surface area contributed by atoms with Gasteiger partial charge in [0.15, 0.2) is 0 Å². The van der Waals surface area contributed by atoms with E-state index in [-0.39, 0.29) is 12.5 Å². The van der Waals surface area contributed by atoms with Crippen molar-refractivity contribution >= 4 is 40.7 Å². The van der Waals surface area contributed by atoms with Crippen LogP contribution in [-0.2, 0) is 4.79 Å². The highest BCUT2D eigenvalue weighted by Crippen LogP contribution is 2.30. The molecule has 1 heterocycles. The molecule has 9 heteroatoms. The summed E-state index contributed by atoms with van der Waals surface area (Å²) < 4.78 is 5.15. The highest BCUT2D eigenvalue weighted by Gasteiger charge is 2.21. The number of aromatic amines is 1. The summed E-state index contributed by atoms with van der Waals surface area (Å²) in [5.74, 6) is -0.0801. The Morgan fingerprint density at radius 1 is 1.14 bits per heavy atom. The van der Waals surface area contributed by atoms with Crippen molar-refractivity contribution in [1.82, 2.24) is 15.1 Å². The molecule has 2 amide bonds. The molecule has 0 bridgehead atoms. The van der Waals surface area contributed by atoms with Gasteiger partial charge in [-0.1, -0.05) is 29.3 Å². The molecule has 2 N–H and O–H groups in total. The number of methoxy groups -OCH3 is 1. The lowest BCUT2D eigenvalue weighted by Crippen LogP contribution is -2.35. The first-order valence-corrected chi connectivity index (χ1v) is 9.33. The average Bonchev–Trinajstić information content (AvgIpc) is 3.20. The molecule has 7 nitrogen and oxygen atoms in total. The molecule has 0 fully saturated rings. The van der Waals surface area contributed by atoms with Crippen LogP contribution in [0.4, 0.5) is 5.69 Å². The first-order chi connectivity index (χ1) is 13.9. The predicted molar refractivity (Wildman–Crippen MR) is 113 cm³/mol. The third kappa shape index (κ3) is 4.70. The predicted octanol–water partition coefficient (Wildman–Crippen LogP) is 4.10. The van der Waals surface area contributed by atoms with Gasteiger partial charge in [0.05, 0.1) is 46.8 Å². The number of carbonyl (C=O) groups excluding carboxylic acids is 2. The van der Waals surface area contributed by atoms with Crippen LogP contribution in [0, 0.1) is 0 Å². The maximum Gasteiger partial charge on any atom is 0.257 e. The number of hydrogen-bond acceptors (Lipinski definition) is 4. The van der Waals surface area contributed by atoms with Crippen LogP contribution in [0.15, 0.2) is 48.7 Å². The van der Waals surface area contributed by atoms with Gasteiger partial charge in [-0.15, -0.1) is 0 Å². The molecule has 3 rings (SSSR count). The Kier molecular flexibility index (Phi) is 6.41. The Bertz CT molecular complexity index is 1010. The molecule has 150 valence electrons. The summed E-state index contributed by atoms with van der Waals surface area (Å²) in [6, 6.07) is 12.1. The molecule has 2 aromatic carbocycles. The van der Waals surface area contributed by atoms with Gasteiger partial charge in [-0.25, -0.2) is 0 Å². The molecule has 29 heavy (non-hydrogen) atoms. The molecule has 3 aromatic rings.